The summed E-state index contributed by atoms with van der Waals surface area (Å²) < 4.78 is 5.18. The molecule has 0 aromatic heterocycles. The normalized spacial score (nSPS) is 11.4. The molecule has 17 heavy (non-hydrogen) atoms. The third-order valence-corrected chi connectivity index (χ3v) is 2.51. The van der Waals surface area contributed by atoms with Gasteiger partial charge in [0.15, 0.2) is 6.61 Å². The van der Waals surface area contributed by atoms with Crippen molar-refractivity contribution >= 4 is 6.08 Å². The van der Waals surface area contributed by atoms with Crippen LogP contribution in [-0.4, -0.2) is 13.2 Å². The average molecular weight is 230 g/mol. The first-order chi connectivity index (χ1) is 8.17. The average Bonchev–Trinajstić information content (AvgIpc) is 2.34. The Morgan fingerprint density at radius 1 is 1.41 bits per heavy atom. The molecule has 0 fully saturated rings. The molecule has 0 aliphatic rings. The van der Waals surface area contributed by atoms with Crippen molar-refractivity contribution in [1.29, 1.82) is 5.26 Å². The Bertz CT molecular complexity index is 413. The number of rotatable bonds is 5. The minimum absolute atomic E-state index is 0.0786. The van der Waals surface area contributed by atoms with Crippen LogP contribution in [0.5, 0.6) is 5.75 Å². The highest BCUT2D eigenvalue weighted by Crippen LogP contribution is 2.17. The van der Waals surface area contributed by atoms with Crippen molar-refractivity contribution in [2.24, 2.45) is 11.7 Å². The molecule has 1 aromatic carbocycles. The van der Waals surface area contributed by atoms with E-state index in [4.69, 9.17) is 15.7 Å². The Hall–Kier alpha value is -1.79. The fourth-order valence-corrected chi connectivity index (χ4v) is 1.45. The van der Waals surface area contributed by atoms with Gasteiger partial charge in [-0.3, -0.25) is 0 Å². The number of nitriles is 1. The first kappa shape index (κ1) is 13.3. The van der Waals surface area contributed by atoms with Crippen LogP contribution in [0.15, 0.2) is 29.8 Å². The van der Waals surface area contributed by atoms with E-state index in [1.807, 2.05) is 30.3 Å². The number of ether oxygens (including phenoxy) is 1. The van der Waals surface area contributed by atoms with Gasteiger partial charge in [-0.2, -0.15) is 5.26 Å². The van der Waals surface area contributed by atoms with Gasteiger partial charge in [-0.25, -0.2) is 0 Å². The highest BCUT2D eigenvalue weighted by molar-refractivity contribution is 5.54. The summed E-state index contributed by atoms with van der Waals surface area (Å²) >= 11 is 0. The Kier molecular flexibility index (Phi) is 5.25. The van der Waals surface area contributed by atoms with E-state index in [1.54, 1.807) is 0 Å². The molecular weight excluding hydrogens is 212 g/mol. The molecule has 90 valence electrons. The molecular formula is C14H18N2O. The van der Waals surface area contributed by atoms with Gasteiger partial charge in [0.05, 0.1) is 0 Å². The van der Waals surface area contributed by atoms with Crippen molar-refractivity contribution in [1.82, 2.24) is 0 Å². The van der Waals surface area contributed by atoms with Crippen LogP contribution in [0, 0.1) is 17.2 Å². The summed E-state index contributed by atoms with van der Waals surface area (Å²) in [6.45, 7) is 4.91. The van der Waals surface area contributed by atoms with Gasteiger partial charge < -0.3 is 10.5 Å². The second-order valence-electron chi connectivity index (χ2n) is 4.09. The fourth-order valence-electron chi connectivity index (χ4n) is 1.45. The molecule has 0 bridgehead atoms. The standard InChI is InChI=1S/C14H18N2O/c1-11(2)13(10-16)9-12-3-5-14(6-4-12)17-8-7-15/h3-6,9,11H,8,10,16H2,1-2H3. The number of nitrogens with zero attached hydrogens (tertiary/aromatic N) is 1. The molecule has 0 amide bonds. The number of nitrogens with two attached hydrogens (primary N) is 1. The van der Waals surface area contributed by atoms with E-state index in [9.17, 15) is 0 Å². The Balaban J connectivity index is 2.77. The molecule has 0 spiro atoms. The lowest BCUT2D eigenvalue weighted by molar-refractivity contribution is 0.368. The molecule has 0 heterocycles. The first-order valence-electron chi connectivity index (χ1n) is 5.67. The van der Waals surface area contributed by atoms with Crippen molar-refractivity contribution in [2.75, 3.05) is 13.2 Å². The second-order valence-corrected chi connectivity index (χ2v) is 4.09. The van der Waals surface area contributed by atoms with E-state index in [2.05, 4.69) is 19.9 Å². The van der Waals surface area contributed by atoms with Crippen LogP contribution in [-0.2, 0) is 0 Å². The summed E-state index contributed by atoms with van der Waals surface area (Å²) in [5, 5.41) is 8.40. The molecule has 0 unspecified atom stereocenters. The van der Waals surface area contributed by atoms with Crippen molar-refractivity contribution in [2.45, 2.75) is 13.8 Å². The molecule has 1 rings (SSSR count). The molecule has 3 nitrogen and oxygen atoms in total. The van der Waals surface area contributed by atoms with Gasteiger partial charge in [0.25, 0.3) is 0 Å². The molecule has 0 saturated heterocycles. The summed E-state index contributed by atoms with van der Waals surface area (Å²) in [6, 6.07) is 9.58. The Labute approximate surface area is 103 Å². The van der Waals surface area contributed by atoms with Crippen LogP contribution in [0.1, 0.15) is 19.4 Å². The number of hydrogen-bond acceptors (Lipinski definition) is 3. The topological polar surface area (TPSA) is 59.0 Å². The third kappa shape index (κ3) is 4.29. The summed E-state index contributed by atoms with van der Waals surface area (Å²) in [6.07, 6.45) is 2.10. The zero-order valence-electron chi connectivity index (χ0n) is 10.3. The van der Waals surface area contributed by atoms with Crippen LogP contribution in [0.2, 0.25) is 0 Å². The van der Waals surface area contributed by atoms with Crippen molar-refractivity contribution in [3.05, 3.63) is 35.4 Å². The maximum Gasteiger partial charge on any atom is 0.174 e. The number of benzene rings is 1. The van der Waals surface area contributed by atoms with Crippen LogP contribution < -0.4 is 10.5 Å². The summed E-state index contributed by atoms with van der Waals surface area (Å²) in [4.78, 5) is 0. The van der Waals surface area contributed by atoms with E-state index in [0.717, 1.165) is 5.56 Å². The van der Waals surface area contributed by atoms with Crippen LogP contribution >= 0.6 is 0 Å². The van der Waals surface area contributed by atoms with Crippen LogP contribution in [0.3, 0.4) is 0 Å². The maximum absolute atomic E-state index is 8.40. The van der Waals surface area contributed by atoms with Gasteiger partial charge in [0.1, 0.15) is 11.8 Å². The van der Waals surface area contributed by atoms with Gasteiger partial charge >= 0.3 is 0 Å². The van der Waals surface area contributed by atoms with Gasteiger partial charge in [0, 0.05) is 6.54 Å². The Morgan fingerprint density at radius 3 is 2.53 bits per heavy atom. The molecule has 3 heteroatoms. The minimum Gasteiger partial charge on any atom is -0.479 e. The zero-order chi connectivity index (χ0) is 12.7. The van der Waals surface area contributed by atoms with Gasteiger partial charge in [-0.1, -0.05) is 37.6 Å². The molecule has 0 saturated carbocycles. The SMILES string of the molecule is CC(C)C(=Cc1ccc(OCC#N)cc1)CN. The van der Waals surface area contributed by atoms with E-state index in [0.29, 0.717) is 18.2 Å². The highest BCUT2D eigenvalue weighted by Gasteiger charge is 2.01. The van der Waals surface area contributed by atoms with Gasteiger partial charge in [-0.15, -0.1) is 0 Å². The smallest absolute Gasteiger partial charge is 0.174 e. The third-order valence-electron chi connectivity index (χ3n) is 2.51. The molecule has 2 N–H and O–H groups in total. The Morgan fingerprint density at radius 2 is 2.06 bits per heavy atom. The van der Waals surface area contributed by atoms with E-state index < -0.39 is 0 Å². The van der Waals surface area contributed by atoms with Crippen LogP contribution in [0.25, 0.3) is 6.08 Å². The summed E-state index contributed by atoms with van der Waals surface area (Å²) in [5.74, 6) is 1.16. The minimum atomic E-state index is 0.0786. The quantitative estimate of drug-likeness (QED) is 0.845. The lowest BCUT2D eigenvalue weighted by atomic mass is 10.0. The van der Waals surface area contributed by atoms with Crippen molar-refractivity contribution in [3.8, 4) is 11.8 Å². The summed E-state index contributed by atoms with van der Waals surface area (Å²) in [7, 11) is 0. The fraction of sp³-hybridized carbons (Fsp3) is 0.357. The largest absolute Gasteiger partial charge is 0.479 e. The lowest BCUT2D eigenvalue weighted by Crippen LogP contribution is -2.08. The van der Waals surface area contributed by atoms with E-state index in [-0.39, 0.29) is 6.61 Å². The monoisotopic (exact) mass is 230 g/mol. The van der Waals surface area contributed by atoms with E-state index >= 15 is 0 Å². The molecule has 0 radical (unpaired) electrons. The highest BCUT2D eigenvalue weighted by atomic mass is 16.5. The van der Waals surface area contributed by atoms with E-state index in [1.165, 1.54) is 5.57 Å². The number of hydrogen-bond donors (Lipinski definition) is 1. The summed E-state index contributed by atoms with van der Waals surface area (Å²) in [5.41, 5.74) is 8.01. The van der Waals surface area contributed by atoms with Gasteiger partial charge in [-0.05, 0) is 23.6 Å². The predicted octanol–water partition coefficient (Wildman–Crippen LogP) is 2.59. The predicted molar refractivity (Wildman–Crippen MR) is 69.4 cm³/mol. The molecule has 0 aliphatic carbocycles. The van der Waals surface area contributed by atoms with Crippen LogP contribution in [0.4, 0.5) is 0 Å². The zero-order valence-corrected chi connectivity index (χ0v) is 10.3. The first-order valence-corrected chi connectivity index (χ1v) is 5.67. The maximum atomic E-state index is 8.40. The van der Waals surface area contributed by atoms with Crippen molar-refractivity contribution in [3.63, 3.8) is 0 Å². The second kappa shape index (κ2) is 6.72. The van der Waals surface area contributed by atoms with Gasteiger partial charge in [0.2, 0.25) is 0 Å². The molecule has 1 aromatic rings. The molecule has 0 atom stereocenters. The van der Waals surface area contributed by atoms with Crippen molar-refractivity contribution < 1.29 is 4.74 Å². The molecule has 0 aliphatic heterocycles. The lowest BCUT2D eigenvalue weighted by Gasteiger charge is -2.09.